The molecule has 1 N–H and O–H groups in total. The lowest BCUT2D eigenvalue weighted by atomic mass is 10.0. The zero-order chi connectivity index (χ0) is 11.5. The molecule has 1 aromatic carbocycles. The fourth-order valence-corrected chi connectivity index (χ4v) is 2.78. The number of hydrogen-bond donors (Lipinski definition) is 1. The Bertz CT molecular complexity index is 464. The van der Waals surface area contributed by atoms with E-state index in [1.54, 1.807) is 18.4 Å². The Morgan fingerprint density at radius 2 is 2.19 bits per heavy atom. The second-order valence-corrected chi connectivity index (χ2v) is 4.90. The highest BCUT2D eigenvalue weighted by Gasteiger charge is 2.14. The van der Waals surface area contributed by atoms with Gasteiger partial charge in [0, 0.05) is 18.2 Å². The summed E-state index contributed by atoms with van der Waals surface area (Å²) in [5, 5.41) is 13.4. The van der Waals surface area contributed by atoms with Crippen LogP contribution in [0.15, 0.2) is 29.6 Å². The molecule has 0 aliphatic carbocycles. The Balaban J connectivity index is 2.28. The summed E-state index contributed by atoms with van der Waals surface area (Å²) in [6.45, 7) is 1.97. The highest BCUT2D eigenvalue weighted by Crippen LogP contribution is 2.31. The molecule has 0 aliphatic heterocycles. The van der Waals surface area contributed by atoms with Gasteiger partial charge in [0.1, 0.15) is 0 Å². The van der Waals surface area contributed by atoms with E-state index < -0.39 is 6.10 Å². The average molecular weight is 236 g/mol. The largest absolute Gasteiger partial charge is 0.388 e. The first-order chi connectivity index (χ1) is 7.72. The second kappa shape index (κ2) is 4.95. The van der Waals surface area contributed by atoms with Gasteiger partial charge in [-0.2, -0.15) is 0 Å². The van der Waals surface area contributed by atoms with Crippen LogP contribution >= 0.6 is 11.3 Å². The van der Waals surface area contributed by atoms with Crippen LogP contribution in [0, 0.1) is 0 Å². The molecule has 1 aromatic heterocycles. The van der Waals surface area contributed by atoms with Gasteiger partial charge in [-0.1, -0.05) is 18.2 Å². The molecule has 1 heterocycles. The predicted octanol–water partition coefficient (Wildman–Crippen LogP) is 3.36. The topological polar surface area (TPSA) is 29.5 Å². The van der Waals surface area contributed by atoms with Crippen molar-refractivity contribution in [3.05, 3.63) is 35.2 Å². The predicted molar refractivity (Wildman–Crippen MR) is 67.9 cm³/mol. The fourth-order valence-electron chi connectivity index (χ4n) is 1.82. The van der Waals surface area contributed by atoms with E-state index in [0.29, 0.717) is 6.42 Å². The Morgan fingerprint density at radius 1 is 1.38 bits per heavy atom. The number of aliphatic hydroxyl groups is 1. The molecule has 0 aliphatic rings. The lowest BCUT2D eigenvalue weighted by Gasteiger charge is -2.16. The van der Waals surface area contributed by atoms with Crippen LogP contribution < -0.4 is 0 Å². The van der Waals surface area contributed by atoms with Crippen LogP contribution in [0.2, 0.25) is 0 Å². The van der Waals surface area contributed by atoms with E-state index in [0.717, 1.165) is 5.56 Å². The molecule has 0 saturated carbocycles. The van der Waals surface area contributed by atoms with Crippen LogP contribution in [0.1, 0.15) is 25.0 Å². The van der Waals surface area contributed by atoms with Gasteiger partial charge in [-0.3, -0.25) is 0 Å². The molecule has 2 unspecified atom stereocenters. The molecule has 2 nitrogen and oxygen atoms in total. The summed E-state index contributed by atoms with van der Waals surface area (Å²) >= 11 is 1.68. The van der Waals surface area contributed by atoms with E-state index in [2.05, 4.69) is 17.5 Å². The molecule has 0 radical (unpaired) electrons. The normalized spacial score (nSPS) is 15.2. The van der Waals surface area contributed by atoms with Gasteiger partial charge in [0.05, 0.1) is 12.2 Å². The van der Waals surface area contributed by atoms with Gasteiger partial charge in [0.25, 0.3) is 0 Å². The smallest absolute Gasteiger partial charge is 0.0828 e. The zero-order valence-corrected chi connectivity index (χ0v) is 10.3. The Labute approximate surface area is 99.5 Å². The van der Waals surface area contributed by atoms with E-state index >= 15 is 0 Å². The summed E-state index contributed by atoms with van der Waals surface area (Å²) in [6, 6.07) is 8.13. The first kappa shape index (κ1) is 11.6. The van der Waals surface area contributed by atoms with Crippen LogP contribution in [-0.2, 0) is 4.74 Å². The minimum absolute atomic E-state index is 0.0743. The van der Waals surface area contributed by atoms with Crippen molar-refractivity contribution in [2.45, 2.75) is 25.6 Å². The van der Waals surface area contributed by atoms with Crippen molar-refractivity contribution in [2.75, 3.05) is 7.11 Å². The molecular weight excluding hydrogens is 220 g/mol. The monoisotopic (exact) mass is 236 g/mol. The average Bonchev–Trinajstić information content (AvgIpc) is 2.76. The molecule has 2 aromatic rings. The van der Waals surface area contributed by atoms with Gasteiger partial charge in [-0.15, -0.1) is 11.3 Å². The second-order valence-electron chi connectivity index (χ2n) is 3.98. The van der Waals surface area contributed by atoms with E-state index in [1.165, 1.54) is 10.1 Å². The van der Waals surface area contributed by atoms with Crippen molar-refractivity contribution in [1.29, 1.82) is 0 Å². The quantitative estimate of drug-likeness (QED) is 0.882. The van der Waals surface area contributed by atoms with E-state index in [9.17, 15) is 5.11 Å². The molecule has 0 saturated heterocycles. The Hall–Kier alpha value is -0.900. The third-order valence-electron chi connectivity index (χ3n) is 2.83. The van der Waals surface area contributed by atoms with Gasteiger partial charge in [-0.05, 0) is 29.3 Å². The third kappa shape index (κ3) is 2.26. The maximum atomic E-state index is 10.2. The molecule has 3 heteroatoms. The number of ether oxygens (including phenoxy) is 1. The third-order valence-corrected chi connectivity index (χ3v) is 3.81. The number of benzene rings is 1. The van der Waals surface area contributed by atoms with Crippen molar-refractivity contribution >= 4 is 21.4 Å². The first-order valence-electron chi connectivity index (χ1n) is 5.39. The van der Waals surface area contributed by atoms with Gasteiger partial charge >= 0.3 is 0 Å². The number of aliphatic hydroxyl groups excluding tert-OH is 1. The van der Waals surface area contributed by atoms with Gasteiger partial charge < -0.3 is 9.84 Å². The minimum Gasteiger partial charge on any atom is -0.388 e. The first-order valence-corrected chi connectivity index (χ1v) is 6.27. The van der Waals surface area contributed by atoms with Crippen LogP contribution in [0.5, 0.6) is 0 Å². The van der Waals surface area contributed by atoms with Crippen LogP contribution in [0.25, 0.3) is 10.1 Å². The van der Waals surface area contributed by atoms with Crippen LogP contribution in [0.3, 0.4) is 0 Å². The Kier molecular flexibility index (Phi) is 3.59. The summed E-state index contributed by atoms with van der Waals surface area (Å²) in [7, 11) is 1.67. The highest BCUT2D eigenvalue weighted by atomic mass is 32.1. The van der Waals surface area contributed by atoms with Crippen LogP contribution in [-0.4, -0.2) is 18.3 Å². The standard InChI is InChI=1S/C13H16O2S/c1-9(15-2)8-12(14)11-5-3-4-10-6-7-16-13(10)11/h3-7,9,12,14H,8H2,1-2H3. The van der Waals surface area contributed by atoms with Crippen molar-refractivity contribution in [1.82, 2.24) is 0 Å². The number of methoxy groups -OCH3 is 1. The molecule has 86 valence electrons. The summed E-state index contributed by atoms with van der Waals surface area (Å²) in [4.78, 5) is 0. The molecule has 0 spiro atoms. The lowest BCUT2D eigenvalue weighted by Crippen LogP contribution is -2.11. The van der Waals surface area contributed by atoms with Crippen molar-refractivity contribution < 1.29 is 9.84 Å². The molecule has 16 heavy (non-hydrogen) atoms. The lowest BCUT2D eigenvalue weighted by molar-refractivity contribution is 0.0566. The van der Waals surface area contributed by atoms with Crippen LogP contribution in [0.4, 0.5) is 0 Å². The molecule has 0 fully saturated rings. The molecule has 0 amide bonds. The number of rotatable bonds is 4. The number of hydrogen-bond acceptors (Lipinski definition) is 3. The summed E-state index contributed by atoms with van der Waals surface area (Å²) < 4.78 is 6.36. The Morgan fingerprint density at radius 3 is 2.94 bits per heavy atom. The van der Waals surface area contributed by atoms with E-state index in [1.807, 2.05) is 19.1 Å². The van der Waals surface area contributed by atoms with E-state index in [-0.39, 0.29) is 6.10 Å². The number of fused-ring (bicyclic) bond motifs is 1. The van der Waals surface area contributed by atoms with E-state index in [4.69, 9.17) is 4.74 Å². The van der Waals surface area contributed by atoms with Crippen molar-refractivity contribution in [3.63, 3.8) is 0 Å². The van der Waals surface area contributed by atoms with Gasteiger partial charge in [0.15, 0.2) is 0 Å². The SMILES string of the molecule is COC(C)CC(O)c1cccc2ccsc12. The maximum Gasteiger partial charge on any atom is 0.0828 e. The molecule has 2 atom stereocenters. The molecule has 0 bridgehead atoms. The summed E-state index contributed by atoms with van der Waals surface area (Å²) in [5.74, 6) is 0. The summed E-state index contributed by atoms with van der Waals surface area (Å²) in [5.41, 5.74) is 1.01. The van der Waals surface area contributed by atoms with Gasteiger partial charge in [-0.25, -0.2) is 0 Å². The summed E-state index contributed by atoms with van der Waals surface area (Å²) in [6.07, 6.45) is 0.260. The van der Waals surface area contributed by atoms with Gasteiger partial charge in [0.2, 0.25) is 0 Å². The van der Waals surface area contributed by atoms with Crippen molar-refractivity contribution in [3.8, 4) is 0 Å². The zero-order valence-electron chi connectivity index (χ0n) is 9.51. The van der Waals surface area contributed by atoms with Crippen molar-refractivity contribution in [2.24, 2.45) is 0 Å². The fraction of sp³-hybridized carbons (Fsp3) is 0.385. The minimum atomic E-state index is -0.447. The highest BCUT2D eigenvalue weighted by molar-refractivity contribution is 7.17. The molecule has 2 rings (SSSR count). The number of thiophene rings is 1. The maximum absolute atomic E-state index is 10.2. The molecular formula is C13H16O2S.